The summed E-state index contributed by atoms with van der Waals surface area (Å²) in [7, 11) is 0. The van der Waals surface area contributed by atoms with Gasteiger partial charge in [-0.3, -0.25) is 14.7 Å². The maximum absolute atomic E-state index is 13.1. The minimum atomic E-state index is -0.0295. The van der Waals surface area contributed by atoms with Crippen LogP contribution in [0, 0.1) is 20.8 Å². The quantitative estimate of drug-likeness (QED) is 0.846. The van der Waals surface area contributed by atoms with Crippen LogP contribution < -0.4 is 5.32 Å². The van der Waals surface area contributed by atoms with E-state index in [-0.39, 0.29) is 24.7 Å². The molecule has 4 rings (SSSR count). The monoisotopic (exact) mass is 383 g/mol. The molecule has 0 spiro atoms. The Balaban J connectivity index is 1.52. The van der Waals surface area contributed by atoms with Gasteiger partial charge in [0, 0.05) is 42.9 Å². The van der Waals surface area contributed by atoms with Gasteiger partial charge in [-0.2, -0.15) is 0 Å². The van der Waals surface area contributed by atoms with E-state index < -0.39 is 0 Å². The van der Waals surface area contributed by atoms with Crippen LogP contribution in [-0.4, -0.2) is 65.4 Å². The molecule has 6 nitrogen and oxygen atoms in total. The van der Waals surface area contributed by atoms with Gasteiger partial charge in [0.05, 0.1) is 23.8 Å². The summed E-state index contributed by atoms with van der Waals surface area (Å²) >= 11 is 0. The predicted molar refractivity (Wildman–Crippen MR) is 109 cm³/mol. The van der Waals surface area contributed by atoms with Gasteiger partial charge in [-0.25, -0.2) is 0 Å². The Hall–Kier alpha value is -2.02. The molecule has 6 heteroatoms. The van der Waals surface area contributed by atoms with E-state index in [1.807, 2.05) is 26.8 Å². The Bertz CT molecular complexity index is 898. The van der Waals surface area contributed by atoms with Crippen LogP contribution in [0.1, 0.15) is 40.0 Å². The highest BCUT2D eigenvalue weighted by Crippen LogP contribution is 2.26. The van der Waals surface area contributed by atoms with Crippen LogP contribution in [0.2, 0.25) is 0 Å². The molecule has 2 saturated heterocycles. The van der Waals surface area contributed by atoms with Crippen molar-refractivity contribution in [2.45, 2.75) is 51.8 Å². The first-order valence-corrected chi connectivity index (χ1v) is 10.1. The van der Waals surface area contributed by atoms with Crippen molar-refractivity contribution in [1.29, 1.82) is 0 Å². The summed E-state index contributed by atoms with van der Waals surface area (Å²) in [6.45, 7) is 8.51. The van der Waals surface area contributed by atoms with Crippen LogP contribution in [0.25, 0.3) is 10.9 Å². The summed E-state index contributed by atoms with van der Waals surface area (Å²) in [6.07, 6.45) is 1.66. The molecule has 2 N–H and O–H groups in total. The van der Waals surface area contributed by atoms with Gasteiger partial charge in [0.1, 0.15) is 0 Å². The number of morpholine rings is 1. The van der Waals surface area contributed by atoms with Crippen molar-refractivity contribution < 1.29 is 14.6 Å². The van der Waals surface area contributed by atoms with Crippen LogP contribution in [0.15, 0.2) is 18.2 Å². The lowest BCUT2D eigenvalue weighted by Crippen LogP contribution is -2.46. The molecule has 2 aromatic rings. The summed E-state index contributed by atoms with van der Waals surface area (Å²) < 4.78 is 5.85. The molecule has 3 atom stereocenters. The van der Waals surface area contributed by atoms with E-state index in [9.17, 15) is 4.79 Å². The first-order valence-electron chi connectivity index (χ1n) is 10.1. The molecule has 0 aliphatic carbocycles. The summed E-state index contributed by atoms with van der Waals surface area (Å²) in [4.78, 5) is 20.2. The number of pyridine rings is 1. The lowest BCUT2D eigenvalue weighted by Gasteiger charge is -2.34. The van der Waals surface area contributed by atoms with E-state index in [1.54, 1.807) is 0 Å². The number of benzene rings is 1. The summed E-state index contributed by atoms with van der Waals surface area (Å²) in [6, 6.07) is 6.51. The predicted octanol–water partition coefficient (Wildman–Crippen LogP) is 2.11. The van der Waals surface area contributed by atoms with Crippen LogP contribution in [0.3, 0.4) is 0 Å². The van der Waals surface area contributed by atoms with Crippen molar-refractivity contribution in [2.75, 3.05) is 26.3 Å². The molecule has 2 aliphatic heterocycles. The number of aliphatic hydroxyl groups excluding tert-OH is 1. The zero-order valence-corrected chi connectivity index (χ0v) is 16.9. The molecule has 150 valence electrons. The Morgan fingerprint density at radius 1 is 1.29 bits per heavy atom. The highest BCUT2D eigenvalue weighted by molar-refractivity contribution is 6.07. The lowest BCUT2D eigenvalue weighted by molar-refractivity contribution is -0.0566. The van der Waals surface area contributed by atoms with Crippen molar-refractivity contribution >= 4 is 16.8 Å². The Morgan fingerprint density at radius 3 is 2.89 bits per heavy atom. The molecular formula is C22H29N3O3. The molecule has 0 unspecified atom stereocenters. The highest BCUT2D eigenvalue weighted by Gasteiger charge is 2.37. The minimum Gasteiger partial charge on any atom is -0.396 e. The van der Waals surface area contributed by atoms with Crippen molar-refractivity contribution in [3.63, 3.8) is 0 Å². The average molecular weight is 383 g/mol. The van der Waals surface area contributed by atoms with Gasteiger partial charge >= 0.3 is 0 Å². The number of amides is 1. The number of rotatable bonds is 4. The molecule has 28 heavy (non-hydrogen) atoms. The second-order valence-electron chi connectivity index (χ2n) is 8.27. The molecule has 2 fully saturated rings. The topological polar surface area (TPSA) is 74.7 Å². The Kier molecular flexibility index (Phi) is 5.36. The summed E-state index contributed by atoms with van der Waals surface area (Å²) in [5, 5.41) is 13.3. The third-order valence-electron chi connectivity index (χ3n) is 5.90. The highest BCUT2D eigenvalue weighted by atomic mass is 16.5. The van der Waals surface area contributed by atoms with Gasteiger partial charge in [0.2, 0.25) is 0 Å². The SMILES string of the molecule is Cc1cc(C)c2nc(C)cc(C(=O)N[C@@H]3C[C@H]4CO[C@@H](CCO)CN4C3)c2c1. The third-order valence-corrected chi connectivity index (χ3v) is 5.90. The number of aryl methyl sites for hydroxylation is 3. The molecule has 3 heterocycles. The van der Waals surface area contributed by atoms with Crippen LogP contribution >= 0.6 is 0 Å². The van der Waals surface area contributed by atoms with E-state index in [2.05, 4.69) is 27.3 Å². The fraction of sp³-hybridized carbons (Fsp3) is 0.545. The van der Waals surface area contributed by atoms with Gasteiger partial charge in [0.25, 0.3) is 5.91 Å². The van der Waals surface area contributed by atoms with E-state index in [0.29, 0.717) is 24.6 Å². The largest absolute Gasteiger partial charge is 0.396 e. The molecule has 1 aromatic heterocycles. The molecule has 1 aromatic carbocycles. The first-order chi connectivity index (χ1) is 13.4. The van der Waals surface area contributed by atoms with Gasteiger partial charge in [-0.15, -0.1) is 0 Å². The number of hydrogen-bond acceptors (Lipinski definition) is 5. The maximum atomic E-state index is 13.1. The maximum Gasteiger partial charge on any atom is 0.252 e. The summed E-state index contributed by atoms with van der Waals surface area (Å²) in [5.41, 5.74) is 4.69. The van der Waals surface area contributed by atoms with Gasteiger partial charge < -0.3 is 15.2 Å². The number of carbonyl (C=O) groups is 1. The standard InChI is InChI=1S/C22H29N3O3/c1-13-6-14(2)21-19(7-13)20(8-15(3)23-21)22(27)24-16-9-17-12-28-18(4-5-26)11-25(17)10-16/h6-8,16-18,26H,4-5,9-12H2,1-3H3,(H,24,27)/t16-,17+,18+/m1/s1. The van der Waals surface area contributed by atoms with E-state index in [4.69, 9.17) is 9.84 Å². The van der Waals surface area contributed by atoms with Crippen molar-refractivity contribution in [2.24, 2.45) is 0 Å². The Labute approximate surface area is 165 Å². The second kappa shape index (κ2) is 7.78. The molecule has 1 amide bonds. The molecule has 0 bridgehead atoms. The molecular weight excluding hydrogens is 354 g/mol. The number of aliphatic hydroxyl groups is 1. The minimum absolute atomic E-state index is 0.0295. The molecule has 0 radical (unpaired) electrons. The van der Waals surface area contributed by atoms with E-state index >= 15 is 0 Å². The number of aromatic nitrogens is 1. The number of nitrogens with zero attached hydrogens (tertiary/aromatic N) is 2. The fourth-order valence-corrected chi connectivity index (χ4v) is 4.63. The van der Waals surface area contributed by atoms with Crippen molar-refractivity contribution in [3.8, 4) is 0 Å². The molecule has 0 saturated carbocycles. The Morgan fingerprint density at radius 2 is 2.11 bits per heavy atom. The van der Waals surface area contributed by atoms with Gasteiger partial charge in [0.15, 0.2) is 0 Å². The number of nitrogens with one attached hydrogen (secondary N) is 1. The number of fused-ring (bicyclic) bond motifs is 2. The smallest absolute Gasteiger partial charge is 0.252 e. The lowest BCUT2D eigenvalue weighted by atomic mass is 10.0. The molecule has 2 aliphatic rings. The van der Waals surface area contributed by atoms with Crippen LogP contribution in [0.5, 0.6) is 0 Å². The van der Waals surface area contributed by atoms with Gasteiger partial charge in [-0.1, -0.05) is 11.6 Å². The average Bonchev–Trinajstić information content (AvgIpc) is 3.03. The van der Waals surface area contributed by atoms with Crippen molar-refractivity contribution in [3.05, 3.63) is 40.6 Å². The van der Waals surface area contributed by atoms with Crippen LogP contribution in [-0.2, 0) is 4.74 Å². The zero-order chi connectivity index (χ0) is 19.8. The normalized spacial score (nSPS) is 25.1. The third kappa shape index (κ3) is 3.77. The van der Waals surface area contributed by atoms with Crippen LogP contribution in [0.4, 0.5) is 0 Å². The first kappa shape index (κ1) is 19.3. The van der Waals surface area contributed by atoms with E-state index in [1.165, 1.54) is 0 Å². The van der Waals surface area contributed by atoms with E-state index in [0.717, 1.165) is 47.2 Å². The number of ether oxygens (including phenoxy) is 1. The zero-order valence-electron chi connectivity index (χ0n) is 16.9. The number of carbonyl (C=O) groups excluding carboxylic acids is 1. The second-order valence-corrected chi connectivity index (χ2v) is 8.27. The fourth-order valence-electron chi connectivity index (χ4n) is 4.63. The summed E-state index contributed by atoms with van der Waals surface area (Å²) in [5.74, 6) is -0.0295. The van der Waals surface area contributed by atoms with Gasteiger partial charge in [-0.05, 0) is 51.3 Å². The van der Waals surface area contributed by atoms with Crippen molar-refractivity contribution in [1.82, 2.24) is 15.2 Å². The number of hydrogen-bond donors (Lipinski definition) is 2.